The largest absolute Gasteiger partial charge is 0.508 e. The molecule has 3 N–H and O–H groups in total. The van der Waals surface area contributed by atoms with Crippen LogP contribution in [-0.4, -0.2) is 59.4 Å². The van der Waals surface area contributed by atoms with Crippen molar-refractivity contribution in [2.45, 2.75) is 49.4 Å². The number of hydrogen-bond donors (Lipinski definition) is 3. The van der Waals surface area contributed by atoms with Gasteiger partial charge < -0.3 is 29.5 Å². The zero-order chi connectivity index (χ0) is 23.0. The van der Waals surface area contributed by atoms with Gasteiger partial charge in [0.1, 0.15) is 11.5 Å². The van der Waals surface area contributed by atoms with Crippen molar-refractivity contribution in [3.63, 3.8) is 0 Å². The molecule has 0 radical (unpaired) electrons. The van der Waals surface area contributed by atoms with Crippen LogP contribution in [-0.2, 0) is 24.4 Å². The molecule has 7 heteroatoms. The fourth-order valence-corrected chi connectivity index (χ4v) is 5.33. The van der Waals surface area contributed by atoms with Crippen molar-refractivity contribution in [1.29, 1.82) is 0 Å². The third kappa shape index (κ3) is 5.00. The Labute approximate surface area is 192 Å². The molecule has 3 saturated heterocycles. The summed E-state index contributed by atoms with van der Waals surface area (Å²) < 4.78 is 16.6. The zero-order valence-electron chi connectivity index (χ0n) is 18.4. The first-order valence-corrected chi connectivity index (χ1v) is 11.6. The molecule has 3 aliphatic rings. The molecule has 33 heavy (non-hydrogen) atoms. The molecule has 2 aromatic carbocycles. The Morgan fingerprint density at radius 3 is 1.70 bits per heavy atom. The standard InChI is InChI=1S/C26H30O7/c27-18-5-1-16(2-6-18)26(10-9-20-13-31-20,17-3-7-19(28)8-4-17)24(12-22-15-33-22)23(25(29)30)11-21-14-32-21/h1-8,20-24,27-28H,9-15H2,(H,29,30). The molecule has 7 nitrogen and oxygen atoms in total. The molecule has 176 valence electrons. The number of aromatic hydroxyl groups is 2. The van der Waals surface area contributed by atoms with E-state index in [9.17, 15) is 20.1 Å². The Hall–Kier alpha value is -2.61. The van der Waals surface area contributed by atoms with Gasteiger partial charge >= 0.3 is 5.97 Å². The molecule has 0 spiro atoms. The van der Waals surface area contributed by atoms with Crippen LogP contribution < -0.4 is 0 Å². The lowest BCUT2D eigenvalue weighted by Gasteiger charge is -2.45. The van der Waals surface area contributed by atoms with Crippen LogP contribution in [0, 0.1) is 11.8 Å². The predicted molar refractivity (Wildman–Crippen MR) is 119 cm³/mol. The number of benzene rings is 2. The van der Waals surface area contributed by atoms with Crippen molar-refractivity contribution < 1.29 is 34.3 Å². The molecule has 3 aliphatic heterocycles. The summed E-state index contributed by atoms with van der Waals surface area (Å²) in [6, 6.07) is 14.2. The lowest BCUT2D eigenvalue weighted by atomic mass is 9.57. The van der Waals surface area contributed by atoms with Gasteiger partial charge in [-0.25, -0.2) is 0 Å². The summed E-state index contributed by atoms with van der Waals surface area (Å²) in [5, 5.41) is 30.4. The lowest BCUT2D eigenvalue weighted by Crippen LogP contribution is -2.44. The highest BCUT2D eigenvalue weighted by molar-refractivity contribution is 5.71. The van der Waals surface area contributed by atoms with Crippen molar-refractivity contribution in [2.75, 3.05) is 19.8 Å². The van der Waals surface area contributed by atoms with Crippen LogP contribution in [0.25, 0.3) is 0 Å². The lowest BCUT2D eigenvalue weighted by molar-refractivity contribution is -0.145. The van der Waals surface area contributed by atoms with Crippen LogP contribution in [0.5, 0.6) is 11.5 Å². The van der Waals surface area contributed by atoms with Crippen molar-refractivity contribution in [2.24, 2.45) is 11.8 Å². The number of epoxide rings is 3. The average molecular weight is 455 g/mol. The van der Waals surface area contributed by atoms with E-state index in [1.54, 1.807) is 24.3 Å². The second-order valence-corrected chi connectivity index (χ2v) is 9.49. The molecule has 5 atom stereocenters. The molecule has 0 amide bonds. The minimum absolute atomic E-state index is 0.0298. The highest BCUT2D eigenvalue weighted by atomic mass is 16.6. The van der Waals surface area contributed by atoms with E-state index in [-0.39, 0.29) is 35.7 Å². The second-order valence-electron chi connectivity index (χ2n) is 9.49. The third-order valence-corrected chi connectivity index (χ3v) is 7.30. The topological polar surface area (TPSA) is 115 Å². The molecule has 0 aromatic heterocycles. The van der Waals surface area contributed by atoms with E-state index in [1.165, 1.54) is 0 Å². The average Bonchev–Trinajstić information content (AvgIpc) is 3.65. The summed E-state index contributed by atoms with van der Waals surface area (Å²) in [5.74, 6) is -1.43. The van der Waals surface area contributed by atoms with E-state index in [4.69, 9.17) is 14.2 Å². The Bertz CT molecular complexity index is 914. The summed E-state index contributed by atoms with van der Waals surface area (Å²) in [6.07, 6.45) is 2.70. The predicted octanol–water partition coefficient (Wildman–Crippen LogP) is 3.46. The van der Waals surface area contributed by atoms with E-state index in [2.05, 4.69) is 0 Å². The maximum atomic E-state index is 12.7. The van der Waals surface area contributed by atoms with E-state index < -0.39 is 17.3 Å². The summed E-state index contributed by atoms with van der Waals surface area (Å²) in [7, 11) is 0. The molecular formula is C26H30O7. The Morgan fingerprint density at radius 2 is 1.27 bits per heavy atom. The van der Waals surface area contributed by atoms with Gasteiger partial charge in [-0.05, 0) is 67.0 Å². The molecule has 3 fully saturated rings. The van der Waals surface area contributed by atoms with Crippen molar-refractivity contribution in [1.82, 2.24) is 0 Å². The zero-order valence-corrected chi connectivity index (χ0v) is 18.4. The molecule has 0 bridgehead atoms. The van der Waals surface area contributed by atoms with Gasteiger partial charge in [0.2, 0.25) is 0 Å². The van der Waals surface area contributed by atoms with Gasteiger partial charge in [0.25, 0.3) is 0 Å². The highest BCUT2D eigenvalue weighted by Gasteiger charge is 2.51. The number of carboxylic acids is 1. The quantitative estimate of drug-likeness (QED) is 0.421. The number of phenols is 2. The fourth-order valence-electron chi connectivity index (χ4n) is 5.33. The molecule has 3 heterocycles. The molecule has 0 aliphatic carbocycles. The second kappa shape index (κ2) is 8.97. The minimum Gasteiger partial charge on any atom is -0.508 e. The molecule has 0 saturated carbocycles. The number of carboxylic acid groups (broad SMARTS) is 1. The Kier molecular flexibility index (Phi) is 6.03. The van der Waals surface area contributed by atoms with Gasteiger partial charge in [-0.2, -0.15) is 0 Å². The number of aliphatic carboxylic acids is 1. The van der Waals surface area contributed by atoms with Gasteiger partial charge in [0.05, 0.1) is 44.1 Å². The minimum atomic E-state index is -0.833. The fraction of sp³-hybridized carbons (Fsp3) is 0.500. The number of rotatable bonds is 12. The summed E-state index contributed by atoms with van der Waals surface area (Å²) >= 11 is 0. The van der Waals surface area contributed by atoms with E-state index in [0.29, 0.717) is 32.5 Å². The number of carbonyl (C=O) groups is 1. The van der Waals surface area contributed by atoms with Crippen molar-refractivity contribution >= 4 is 5.97 Å². The normalized spacial score (nSPS) is 25.3. The summed E-state index contributed by atoms with van der Waals surface area (Å²) in [4.78, 5) is 12.7. The van der Waals surface area contributed by atoms with Crippen LogP contribution in [0.4, 0.5) is 0 Å². The number of phenolic OH excluding ortho intramolecular Hbond substituents is 2. The Morgan fingerprint density at radius 1 is 0.818 bits per heavy atom. The van der Waals surface area contributed by atoms with E-state index >= 15 is 0 Å². The first-order valence-electron chi connectivity index (χ1n) is 11.6. The maximum absolute atomic E-state index is 12.7. The first kappa shape index (κ1) is 22.2. The molecule has 5 rings (SSSR count). The van der Waals surface area contributed by atoms with Crippen LogP contribution in [0.2, 0.25) is 0 Å². The molecule has 2 aromatic rings. The number of hydrogen-bond acceptors (Lipinski definition) is 6. The van der Waals surface area contributed by atoms with Crippen LogP contribution in [0.1, 0.15) is 36.8 Å². The van der Waals surface area contributed by atoms with E-state index in [0.717, 1.165) is 24.2 Å². The highest BCUT2D eigenvalue weighted by Crippen LogP contribution is 2.52. The van der Waals surface area contributed by atoms with Crippen LogP contribution in [0.15, 0.2) is 48.5 Å². The number of ether oxygens (including phenoxy) is 3. The van der Waals surface area contributed by atoms with Crippen molar-refractivity contribution in [3.05, 3.63) is 59.7 Å². The summed E-state index contributed by atoms with van der Waals surface area (Å²) in [6.45, 7) is 1.95. The molecular weight excluding hydrogens is 424 g/mol. The van der Waals surface area contributed by atoms with Gasteiger partial charge in [-0.15, -0.1) is 0 Å². The monoisotopic (exact) mass is 454 g/mol. The Balaban J connectivity index is 1.67. The SMILES string of the molecule is O=C(O)C(CC1CO1)C(CC1CO1)C(CCC1CO1)(c1ccc(O)cc1)c1ccc(O)cc1. The summed E-state index contributed by atoms with van der Waals surface area (Å²) in [5.41, 5.74) is 1.22. The van der Waals surface area contributed by atoms with Gasteiger partial charge in [-0.3, -0.25) is 4.79 Å². The first-order chi connectivity index (χ1) is 16.0. The third-order valence-electron chi connectivity index (χ3n) is 7.30. The smallest absolute Gasteiger partial charge is 0.306 e. The van der Waals surface area contributed by atoms with E-state index in [1.807, 2.05) is 24.3 Å². The maximum Gasteiger partial charge on any atom is 0.306 e. The van der Waals surface area contributed by atoms with Crippen molar-refractivity contribution in [3.8, 4) is 11.5 Å². The van der Waals surface area contributed by atoms with Gasteiger partial charge in [-0.1, -0.05) is 24.3 Å². The van der Waals surface area contributed by atoms with Crippen LogP contribution in [0.3, 0.4) is 0 Å². The van der Waals surface area contributed by atoms with Gasteiger partial charge in [0.15, 0.2) is 0 Å². The molecule has 5 unspecified atom stereocenters. The van der Waals surface area contributed by atoms with Gasteiger partial charge in [0, 0.05) is 5.41 Å². The van der Waals surface area contributed by atoms with Crippen LogP contribution >= 0.6 is 0 Å².